The summed E-state index contributed by atoms with van der Waals surface area (Å²) in [5.74, 6) is 0. The minimum atomic E-state index is -0.448. The summed E-state index contributed by atoms with van der Waals surface area (Å²) in [6.07, 6.45) is -0.448. The van der Waals surface area contributed by atoms with Crippen molar-refractivity contribution in [2.24, 2.45) is 7.05 Å². The zero-order valence-corrected chi connectivity index (χ0v) is 9.99. The van der Waals surface area contributed by atoms with Crippen LogP contribution in [-0.2, 0) is 7.05 Å². The van der Waals surface area contributed by atoms with Crippen molar-refractivity contribution in [2.75, 3.05) is 13.6 Å². The van der Waals surface area contributed by atoms with Gasteiger partial charge in [0.15, 0.2) is 0 Å². The maximum atomic E-state index is 10.1. The number of benzene rings is 1. The summed E-state index contributed by atoms with van der Waals surface area (Å²) >= 11 is 0. The third-order valence-electron chi connectivity index (χ3n) is 3.18. The Morgan fingerprint density at radius 1 is 1.38 bits per heavy atom. The molecule has 2 aromatic rings. The van der Waals surface area contributed by atoms with Crippen molar-refractivity contribution in [3.63, 3.8) is 0 Å². The quantitative estimate of drug-likeness (QED) is 0.823. The van der Waals surface area contributed by atoms with E-state index in [0.717, 1.165) is 16.6 Å². The number of nitrogens with one attached hydrogen (secondary N) is 1. The lowest BCUT2D eigenvalue weighted by Gasteiger charge is -2.10. The molecule has 2 N–H and O–H groups in total. The molecule has 1 unspecified atom stereocenters. The van der Waals surface area contributed by atoms with Crippen LogP contribution in [0, 0.1) is 6.92 Å². The first-order chi connectivity index (χ1) is 7.66. The zero-order chi connectivity index (χ0) is 11.7. The molecule has 86 valence electrons. The van der Waals surface area contributed by atoms with Gasteiger partial charge in [-0.25, -0.2) is 0 Å². The van der Waals surface area contributed by atoms with Gasteiger partial charge in [0.05, 0.1) is 6.10 Å². The van der Waals surface area contributed by atoms with E-state index < -0.39 is 6.10 Å². The van der Waals surface area contributed by atoms with Crippen molar-refractivity contribution >= 4 is 10.9 Å². The van der Waals surface area contributed by atoms with Crippen LogP contribution in [0.2, 0.25) is 0 Å². The van der Waals surface area contributed by atoms with Crippen LogP contribution in [0.15, 0.2) is 24.3 Å². The Bertz CT molecular complexity index is 502. The molecule has 0 amide bonds. The minimum Gasteiger partial charge on any atom is -0.387 e. The number of hydrogen-bond donors (Lipinski definition) is 2. The number of aliphatic hydroxyl groups excluding tert-OH is 1. The van der Waals surface area contributed by atoms with Gasteiger partial charge >= 0.3 is 0 Å². The Morgan fingerprint density at radius 3 is 2.75 bits per heavy atom. The van der Waals surface area contributed by atoms with Crippen molar-refractivity contribution in [1.29, 1.82) is 0 Å². The number of hydrogen-bond acceptors (Lipinski definition) is 2. The maximum Gasteiger partial charge on any atom is 0.0937 e. The van der Waals surface area contributed by atoms with Gasteiger partial charge in [-0.3, -0.25) is 0 Å². The number of aryl methyl sites for hydroxylation is 1. The lowest BCUT2D eigenvalue weighted by Crippen LogP contribution is -2.17. The molecule has 0 fully saturated rings. The number of rotatable bonds is 3. The molecule has 0 radical (unpaired) electrons. The number of aliphatic hydroxyl groups is 1. The average Bonchev–Trinajstić information content (AvgIpc) is 2.53. The normalized spacial score (nSPS) is 13.2. The fourth-order valence-corrected chi connectivity index (χ4v) is 2.27. The molecule has 0 aliphatic carbocycles. The van der Waals surface area contributed by atoms with E-state index in [-0.39, 0.29) is 0 Å². The highest BCUT2D eigenvalue weighted by Gasteiger charge is 2.17. The molecule has 1 heterocycles. The highest BCUT2D eigenvalue weighted by molar-refractivity contribution is 5.85. The van der Waals surface area contributed by atoms with E-state index in [2.05, 4.69) is 22.0 Å². The van der Waals surface area contributed by atoms with Gasteiger partial charge in [0.2, 0.25) is 0 Å². The maximum absolute atomic E-state index is 10.1. The Kier molecular flexibility index (Phi) is 2.99. The predicted octanol–water partition coefficient (Wildman–Crippen LogP) is 1.74. The molecule has 0 saturated heterocycles. The predicted molar refractivity (Wildman–Crippen MR) is 66.5 cm³/mol. The van der Waals surface area contributed by atoms with E-state index in [9.17, 15) is 5.11 Å². The summed E-state index contributed by atoms with van der Waals surface area (Å²) < 4.78 is 2.13. The molecule has 0 bridgehead atoms. The number of fused-ring (bicyclic) bond motifs is 1. The third-order valence-corrected chi connectivity index (χ3v) is 3.18. The van der Waals surface area contributed by atoms with Crippen LogP contribution in [0.25, 0.3) is 10.9 Å². The first kappa shape index (κ1) is 11.2. The van der Waals surface area contributed by atoms with Crippen molar-refractivity contribution in [2.45, 2.75) is 13.0 Å². The monoisotopic (exact) mass is 218 g/mol. The standard InChI is InChI=1S/C13H18N2O/c1-9-13(12(16)8-14-2)10-6-4-5-7-11(10)15(9)3/h4-7,12,14,16H,8H2,1-3H3. The molecule has 0 aliphatic heterocycles. The third kappa shape index (κ3) is 1.62. The van der Waals surface area contributed by atoms with Gasteiger partial charge in [-0.1, -0.05) is 18.2 Å². The number of nitrogens with zero attached hydrogens (tertiary/aromatic N) is 1. The molecule has 3 heteroatoms. The number of likely N-dealkylation sites (N-methyl/N-ethyl adjacent to an activating group) is 1. The van der Waals surface area contributed by atoms with Crippen molar-refractivity contribution in [3.05, 3.63) is 35.5 Å². The molecule has 0 spiro atoms. The van der Waals surface area contributed by atoms with Crippen LogP contribution in [0.1, 0.15) is 17.4 Å². The number of para-hydroxylation sites is 1. The molecule has 1 aromatic carbocycles. The number of aromatic nitrogens is 1. The van der Waals surface area contributed by atoms with E-state index in [1.165, 1.54) is 5.52 Å². The summed E-state index contributed by atoms with van der Waals surface area (Å²) in [5.41, 5.74) is 3.33. The van der Waals surface area contributed by atoms with Gasteiger partial charge in [-0.15, -0.1) is 0 Å². The summed E-state index contributed by atoms with van der Waals surface area (Å²) in [5, 5.41) is 14.3. The van der Waals surface area contributed by atoms with Crippen molar-refractivity contribution in [3.8, 4) is 0 Å². The minimum absolute atomic E-state index is 0.448. The van der Waals surface area contributed by atoms with E-state index in [4.69, 9.17) is 0 Å². The van der Waals surface area contributed by atoms with Crippen LogP contribution >= 0.6 is 0 Å². The Morgan fingerprint density at radius 2 is 2.06 bits per heavy atom. The van der Waals surface area contributed by atoms with Gasteiger partial charge in [0, 0.05) is 35.8 Å². The fraction of sp³-hybridized carbons (Fsp3) is 0.385. The van der Waals surface area contributed by atoms with Gasteiger partial charge in [0.1, 0.15) is 0 Å². The molecular formula is C13H18N2O. The van der Waals surface area contributed by atoms with E-state index in [1.807, 2.05) is 33.2 Å². The van der Waals surface area contributed by atoms with Crippen LogP contribution in [-0.4, -0.2) is 23.3 Å². The van der Waals surface area contributed by atoms with Crippen LogP contribution in [0.3, 0.4) is 0 Å². The first-order valence-electron chi connectivity index (χ1n) is 5.53. The Labute approximate surface area is 95.7 Å². The second kappa shape index (κ2) is 4.28. The summed E-state index contributed by atoms with van der Waals surface area (Å²) in [6, 6.07) is 8.18. The second-order valence-electron chi connectivity index (χ2n) is 4.15. The zero-order valence-electron chi connectivity index (χ0n) is 9.99. The molecule has 1 aromatic heterocycles. The molecule has 3 nitrogen and oxygen atoms in total. The summed E-state index contributed by atoms with van der Waals surface area (Å²) in [4.78, 5) is 0. The Hall–Kier alpha value is -1.32. The van der Waals surface area contributed by atoms with Gasteiger partial charge < -0.3 is 15.0 Å². The van der Waals surface area contributed by atoms with Crippen LogP contribution in [0.4, 0.5) is 0 Å². The fourth-order valence-electron chi connectivity index (χ4n) is 2.27. The highest BCUT2D eigenvalue weighted by Crippen LogP contribution is 2.29. The largest absolute Gasteiger partial charge is 0.387 e. The molecule has 1 atom stereocenters. The van der Waals surface area contributed by atoms with Crippen LogP contribution < -0.4 is 5.32 Å². The van der Waals surface area contributed by atoms with E-state index in [0.29, 0.717) is 6.54 Å². The average molecular weight is 218 g/mol. The topological polar surface area (TPSA) is 37.2 Å². The van der Waals surface area contributed by atoms with Crippen molar-refractivity contribution < 1.29 is 5.11 Å². The second-order valence-corrected chi connectivity index (χ2v) is 4.15. The lowest BCUT2D eigenvalue weighted by molar-refractivity contribution is 0.178. The molecule has 0 saturated carbocycles. The van der Waals surface area contributed by atoms with E-state index in [1.54, 1.807) is 0 Å². The highest BCUT2D eigenvalue weighted by atomic mass is 16.3. The molecule has 2 rings (SSSR count). The Balaban J connectivity index is 2.64. The lowest BCUT2D eigenvalue weighted by atomic mass is 10.1. The van der Waals surface area contributed by atoms with Crippen molar-refractivity contribution in [1.82, 2.24) is 9.88 Å². The van der Waals surface area contributed by atoms with Gasteiger partial charge in [-0.05, 0) is 20.0 Å². The summed E-state index contributed by atoms with van der Waals surface area (Å²) in [7, 11) is 3.89. The smallest absolute Gasteiger partial charge is 0.0937 e. The SMILES string of the molecule is CNCC(O)c1c(C)n(C)c2ccccc12. The van der Waals surface area contributed by atoms with Crippen LogP contribution in [0.5, 0.6) is 0 Å². The van der Waals surface area contributed by atoms with E-state index >= 15 is 0 Å². The molecule has 0 aliphatic rings. The molecular weight excluding hydrogens is 200 g/mol. The van der Waals surface area contributed by atoms with Gasteiger partial charge in [-0.2, -0.15) is 0 Å². The molecule has 16 heavy (non-hydrogen) atoms. The summed E-state index contributed by atoms with van der Waals surface area (Å²) in [6.45, 7) is 2.63. The first-order valence-corrected chi connectivity index (χ1v) is 5.53. The van der Waals surface area contributed by atoms with Gasteiger partial charge in [0.25, 0.3) is 0 Å².